The highest BCUT2D eigenvalue weighted by molar-refractivity contribution is 15.0. The van der Waals surface area contributed by atoms with E-state index in [0.29, 0.717) is 16.9 Å². The molecule has 8 heteroatoms. The van der Waals surface area contributed by atoms with Crippen LogP contribution in [0.1, 0.15) is 43.6 Å². The average molecular weight is 717 g/mol. The van der Waals surface area contributed by atoms with Gasteiger partial charge in [-0.3, -0.25) is 0 Å². The lowest BCUT2D eigenvalue weighted by molar-refractivity contribution is 0.0697. The summed E-state index contributed by atoms with van der Waals surface area (Å²) >= 11 is 4.24. The standard InChI is InChI=1S/C8H4N2.C8H5NO2.2C2H6.I2.HI/c1-10-8-4-2-3-7(5-8)6-9;1-9-7-4-2-3-6(5-7)8(10)11;3*1-2;/h2-5H;2-5H,(H,10,11);2*1-2H3;;1H. The van der Waals surface area contributed by atoms with Gasteiger partial charge in [0.25, 0.3) is 0 Å². The molecule has 150 valence electrons. The normalized spacial score (nSPS) is 6.82. The van der Waals surface area contributed by atoms with Crippen LogP contribution in [-0.4, -0.2) is 11.1 Å². The molecule has 0 atom stereocenters. The number of carboxylic acid groups (broad SMARTS) is 1. The van der Waals surface area contributed by atoms with Crippen molar-refractivity contribution in [2.45, 2.75) is 27.7 Å². The maximum atomic E-state index is 10.4. The zero-order valence-corrected chi connectivity index (χ0v) is 22.6. The number of halogens is 3. The topological polar surface area (TPSA) is 69.8 Å². The maximum absolute atomic E-state index is 10.4. The Kier molecular flexibility index (Phi) is 31.1. The van der Waals surface area contributed by atoms with E-state index in [1.54, 1.807) is 36.4 Å². The molecule has 0 radical (unpaired) electrons. The molecule has 0 saturated carbocycles. The van der Waals surface area contributed by atoms with Crippen LogP contribution < -0.4 is 0 Å². The zero-order valence-electron chi connectivity index (χ0n) is 16.0. The zero-order chi connectivity index (χ0) is 21.7. The Labute approximate surface area is 208 Å². The van der Waals surface area contributed by atoms with Crippen molar-refractivity contribution in [3.05, 3.63) is 82.5 Å². The molecule has 1 N–H and O–H groups in total. The lowest BCUT2D eigenvalue weighted by Gasteiger charge is -1.92. The fraction of sp³-hybridized carbons (Fsp3) is 0.200. The fourth-order valence-corrected chi connectivity index (χ4v) is 1.35. The highest BCUT2D eigenvalue weighted by Crippen LogP contribution is 2.13. The van der Waals surface area contributed by atoms with Crippen molar-refractivity contribution in [2.75, 3.05) is 0 Å². The second-order valence-electron chi connectivity index (χ2n) is 3.74. The molecule has 28 heavy (non-hydrogen) atoms. The molecule has 0 fully saturated rings. The van der Waals surface area contributed by atoms with E-state index in [9.17, 15) is 4.79 Å². The minimum Gasteiger partial charge on any atom is -0.478 e. The first-order valence-corrected chi connectivity index (χ1v) is 14.1. The van der Waals surface area contributed by atoms with Gasteiger partial charge in [-0.05, 0) is 18.2 Å². The number of rotatable bonds is 1. The summed E-state index contributed by atoms with van der Waals surface area (Å²) < 4.78 is 0. The van der Waals surface area contributed by atoms with Crippen LogP contribution in [-0.2, 0) is 0 Å². The Bertz CT molecular complexity index is 763. The van der Waals surface area contributed by atoms with Crippen molar-refractivity contribution in [1.82, 2.24) is 0 Å². The van der Waals surface area contributed by atoms with Crippen molar-refractivity contribution >= 4 is 78.6 Å². The summed E-state index contributed by atoms with van der Waals surface area (Å²) in [7, 11) is 0. The van der Waals surface area contributed by atoms with E-state index in [-0.39, 0.29) is 29.5 Å². The first-order chi connectivity index (χ1) is 13.1. The lowest BCUT2D eigenvalue weighted by Crippen LogP contribution is -1.93. The SMILES string of the molecule is CC.CC.I.II.[C-]#[N+]c1cccc(C#N)c1.[C-]#[N+]c1cccc(C(=O)O)c1. The third-order valence-corrected chi connectivity index (χ3v) is 2.33. The van der Waals surface area contributed by atoms with Crippen molar-refractivity contribution in [2.24, 2.45) is 0 Å². The summed E-state index contributed by atoms with van der Waals surface area (Å²) in [6.45, 7) is 21.2. The molecule has 0 spiro atoms. The van der Waals surface area contributed by atoms with Crippen molar-refractivity contribution < 1.29 is 9.90 Å². The highest BCUT2D eigenvalue weighted by atomic mass is 128. The summed E-state index contributed by atoms with van der Waals surface area (Å²) in [6.07, 6.45) is 0. The molecule has 2 aromatic carbocycles. The number of hydrogen-bond donors (Lipinski definition) is 1. The van der Waals surface area contributed by atoms with Gasteiger partial charge < -0.3 is 5.11 Å². The highest BCUT2D eigenvalue weighted by Gasteiger charge is 2.01. The van der Waals surface area contributed by atoms with Crippen molar-refractivity contribution in [3.63, 3.8) is 0 Å². The molecule has 0 aliphatic carbocycles. The second-order valence-corrected chi connectivity index (χ2v) is 3.74. The number of carboxylic acids is 1. The number of carbonyl (C=O) groups is 1. The van der Waals surface area contributed by atoms with Crippen molar-refractivity contribution in [1.29, 1.82) is 5.26 Å². The molecule has 2 rings (SSSR count). The van der Waals surface area contributed by atoms with E-state index in [0.717, 1.165) is 0 Å². The van der Waals surface area contributed by atoms with Crippen LogP contribution in [0.3, 0.4) is 0 Å². The number of benzene rings is 2. The van der Waals surface area contributed by atoms with E-state index in [1.165, 1.54) is 12.1 Å². The smallest absolute Gasteiger partial charge is 0.334 e. The van der Waals surface area contributed by atoms with E-state index >= 15 is 0 Å². The van der Waals surface area contributed by atoms with E-state index in [4.69, 9.17) is 23.5 Å². The van der Waals surface area contributed by atoms with Gasteiger partial charge in [0.15, 0.2) is 11.4 Å². The molecular weight excluding hydrogens is 695 g/mol. The summed E-state index contributed by atoms with van der Waals surface area (Å²) in [5.74, 6) is -1.00. The van der Waals surface area contributed by atoms with Gasteiger partial charge in [0, 0.05) is 48.4 Å². The third-order valence-electron chi connectivity index (χ3n) is 2.33. The molecule has 0 aliphatic heterocycles. The Morgan fingerprint density at radius 3 is 1.79 bits per heavy atom. The van der Waals surface area contributed by atoms with Gasteiger partial charge in [0.1, 0.15) is 0 Å². The number of hydrogen-bond acceptors (Lipinski definition) is 2. The Balaban J connectivity index is -0.000000158. The van der Waals surface area contributed by atoms with E-state index in [1.807, 2.05) is 33.8 Å². The van der Waals surface area contributed by atoms with Gasteiger partial charge in [-0.15, -0.1) is 24.0 Å². The van der Waals surface area contributed by atoms with Crippen LogP contribution in [0.15, 0.2) is 48.5 Å². The van der Waals surface area contributed by atoms with Gasteiger partial charge >= 0.3 is 5.97 Å². The van der Waals surface area contributed by atoms with Gasteiger partial charge in [-0.2, -0.15) is 5.26 Å². The van der Waals surface area contributed by atoms with Crippen LogP contribution in [0.25, 0.3) is 9.69 Å². The minimum atomic E-state index is -1.00. The predicted octanol–water partition coefficient (Wildman–Crippen LogP) is 8.49. The molecule has 0 amide bonds. The summed E-state index contributed by atoms with van der Waals surface area (Å²) in [4.78, 5) is 16.6. The average Bonchev–Trinajstić information content (AvgIpc) is 2.78. The third kappa shape index (κ3) is 16.7. The van der Waals surface area contributed by atoms with Crippen LogP contribution in [0.4, 0.5) is 11.4 Å². The quantitative estimate of drug-likeness (QED) is 0.238. The maximum Gasteiger partial charge on any atom is 0.334 e. The summed E-state index contributed by atoms with van der Waals surface area (Å²) in [5, 5.41) is 16.9. The van der Waals surface area contributed by atoms with Crippen LogP contribution in [0.2, 0.25) is 0 Å². The first-order valence-electron chi connectivity index (χ1n) is 7.83. The van der Waals surface area contributed by atoms with E-state index in [2.05, 4.69) is 46.9 Å². The second kappa shape index (κ2) is 25.6. The number of nitriles is 1. The molecule has 0 aromatic heterocycles. The Morgan fingerprint density at radius 2 is 1.39 bits per heavy atom. The molecule has 0 aliphatic rings. The molecule has 5 nitrogen and oxygen atoms in total. The van der Waals surface area contributed by atoms with Gasteiger partial charge in [0.2, 0.25) is 0 Å². The van der Waals surface area contributed by atoms with Gasteiger partial charge in [0.05, 0.1) is 19.2 Å². The molecule has 0 unspecified atom stereocenters. The molecular formula is C20H22I3N3O2. The fourth-order valence-electron chi connectivity index (χ4n) is 1.35. The van der Waals surface area contributed by atoms with Crippen molar-refractivity contribution in [3.8, 4) is 6.07 Å². The number of aromatic carboxylic acids is 1. The summed E-state index contributed by atoms with van der Waals surface area (Å²) in [5.41, 5.74) is 1.55. The number of nitrogens with zero attached hydrogens (tertiary/aromatic N) is 3. The Morgan fingerprint density at radius 1 is 0.964 bits per heavy atom. The Hall–Kier alpha value is -1.43. The van der Waals surface area contributed by atoms with Crippen LogP contribution in [0, 0.1) is 24.5 Å². The van der Waals surface area contributed by atoms with E-state index < -0.39 is 5.97 Å². The largest absolute Gasteiger partial charge is 0.478 e. The van der Waals surface area contributed by atoms with Gasteiger partial charge in [-0.25, -0.2) is 14.5 Å². The predicted molar refractivity (Wildman–Crippen MR) is 143 cm³/mol. The monoisotopic (exact) mass is 717 g/mol. The molecule has 0 heterocycles. The minimum absolute atomic E-state index is 0. The first kappa shape index (κ1) is 34.1. The van der Waals surface area contributed by atoms with Crippen LogP contribution in [0.5, 0.6) is 0 Å². The van der Waals surface area contributed by atoms with Gasteiger partial charge in [-0.1, -0.05) is 58.0 Å². The molecule has 0 saturated heterocycles. The van der Waals surface area contributed by atoms with Crippen LogP contribution >= 0.6 is 61.2 Å². The molecule has 0 bridgehead atoms. The molecule has 2 aromatic rings. The lowest BCUT2D eigenvalue weighted by atomic mass is 10.2. The summed E-state index contributed by atoms with van der Waals surface area (Å²) in [6, 6.07) is 14.5.